The first-order chi connectivity index (χ1) is 16.3. The summed E-state index contributed by atoms with van der Waals surface area (Å²) in [5, 5.41) is 0. The molecule has 7 nitrogen and oxygen atoms in total. The van der Waals surface area contributed by atoms with Gasteiger partial charge in [0, 0.05) is 32.4 Å². The number of carbonyl (C=O) groups excluding carboxylic acids is 1. The molecular formula is C23H24F4N2O5S. The van der Waals surface area contributed by atoms with E-state index in [0.29, 0.717) is 43.1 Å². The van der Waals surface area contributed by atoms with Gasteiger partial charge >= 0.3 is 6.18 Å². The van der Waals surface area contributed by atoms with Crippen molar-refractivity contribution in [3.63, 3.8) is 0 Å². The molecule has 2 aliphatic heterocycles. The molecule has 190 valence electrons. The van der Waals surface area contributed by atoms with Crippen molar-refractivity contribution in [2.75, 3.05) is 37.5 Å². The summed E-state index contributed by atoms with van der Waals surface area (Å²) in [4.78, 5) is 16.3. The van der Waals surface area contributed by atoms with Crippen LogP contribution in [-0.4, -0.2) is 64.1 Å². The number of ether oxygens (including phenoxy) is 2. The largest absolute Gasteiger partial charge is 0.480 e. The number of morpholine rings is 1. The number of benzene rings is 2. The highest BCUT2D eigenvalue weighted by molar-refractivity contribution is 7.90. The first-order valence-corrected chi connectivity index (χ1v) is 12.7. The summed E-state index contributed by atoms with van der Waals surface area (Å²) >= 11 is 0. The summed E-state index contributed by atoms with van der Waals surface area (Å²) in [6.45, 7) is 2.88. The molecule has 0 aliphatic carbocycles. The third-order valence-corrected chi connectivity index (χ3v) is 7.11. The van der Waals surface area contributed by atoms with Crippen LogP contribution < -0.4 is 9.64 Å². The maximum Gasteiger partial charge on any atom is 0.425 e. The van der Waals surface area contributed by atoms with Gasteiger partial charge in [0.1, 0.15) is 11.6 Å². The van der Waals surface area contributed by atoms with E-state index in [4.69, 9.17) is 9.47 Å². The van der Waals surface area contributed by atoms with Crippen LogP contribution in [0.3, 0.4) is 0 Å². The zero-order valence-corrected chi connectivity index (χ0v) is 19.9. The van der Waals surface area contributed by atoms with E-state index in [-0.39, 0.29) is 29.3 Å². The number of anilines is 1. The topological polar surface area (TPSA) is 76.2 Å². The molecule has 0 spiro atoms. The third-order valence-electron chi connectivity index (χ3n) is 6.00. The zero-order valence-electron chi connectivity index (χ0n) is 19.1. The Morgan fingerprint density at radius 2 is 1.71 bits per heavy atom. The Balaban J connectivity index is 1.64. The zero-order chi connectivity index (χ0) is 25.5. The van der Waals surface area contributed by atoms with E-state index >= 15 is 0 Å². The second kappa shape index (κ2) is 9.30. The van der Waals surface area contributed by atoms with Gasteiger partial charge in [-0.25, -0.2) is 12.8 Å². The minimum Gasteiger partial charge on any atom is -0.480 e. The standard InChI is InChI=1S/C23H24F4N2O5S/c1-14(23(25,26)27)34-21-4-3-17(35(2,31)32)11-18(21)22(30)29-12-15-9-19(24)20(10-16(15)13-29)28-5-7-33-8-6-28/h3-4,9-11,14H,5-8,12-13H2,1-2H3. The normalized spacial score (nSPS) is 17.3. The van der Waals surface area contributed by atoms with Gasteiger partial charge in [-0.15, -0.1) is 0 Å². The maximum atomic E-state index is 14.8. The van der Waals surface area contributed by atoms with Crippen LogP contribution in [0.1, 0.15) is 28.4 Å². The second-order valence-corrected chi connectivity index (χ2v) is 10.6. The van der Waals surface area contributed by atoms with E-state index in [9.17, 15) is 30.8 Å². The number of amides is 1. The molecule has 1 saturated heterocycles. The van der Waals surface area contributed by atoms with E-state index in [2.05, 4.69) is 0 Å². The average Bonchev–Trinajstić information content (AvgIpc) is 3.20. The lowest BCUT2D eigenvalue weighted by Crippen LogP contribution is -2.36. The molecule has 2 heterocycles. The molecule has 1 fully saturated rings. The number of fused-ring (bicyclic) bond motifs is 1. The molecule has 12 heteroatoms. The fraction of sp³-hybridized carbons (Fsp3) is 0.435. The van der Waals surface area contributed by atoms with Gasteiger partial charge in [0.25, 0.3) is 5.91 Å². The summed E-state index contributed by atoms with van der Waals surface area (Å²) in [6.07, 6.45) is -5.98. The SMILES string of the molecule is CC(Oc1ccc(S(C)(=O)=O)cc1C(=O)N1Cc2cc(F)c(N3CCOCC3)cc2C1)C(F)(F)F. The van der Waals surface area contributed by atoms with Crippen molar-refractivity contribution in [1.82, 2.24) is 4.90 Å². The molecule has 1 unspecified atom stereocenters. The first kappa shape index (κ1) is 25.2. The van der Waals surface area contributed by atoms with Gasteiger partial charge in [-0.2, -0.15) is 13.2 Å². The van der Waals surface area contributed by atoms with Gasteiger partial charge in [-0.05, 0) is 48.4 Å². The van der Waals surface area contributed by atoms with E-state index < -0.39 is 33.8 Å². The van der Waals surface area contributed by atoms with Crippen molar-refractivity contribution < 1.29 is 40.2 Å². The summed E-state index contributed by atoms with van der Waals surface area (Å²) in [5.41, 5.74) is 1.35. The van der Waals surface area contributed by atoms with Gasteiger partial charge < -0.3 is 19.3 Å². The van der Waals surface area contributed by atoms with Crippen molar-refractivity contribution in [3.8, 4) is 5.75 Å². The van der Waals surface area contributed by atoms with Crippen molar-refractivity contribution in [2.24, 2.45) is 0 Å². The Labute approximate surface area is 200 Å². The molecule has 35 heavy (non-hydrogen) atoms. The average molecular weight is 517 g/mol. The van der Waals surface area contributed by atoms with Crippen LogP contribution in [0, 0.1) is 5.82 Å². The summed E-state index contributed by atoms with van der Waals surface area (Å²) in [7, 11) is -3.75. The van der Waals surface area contributed by atoms with E-state index in [1.807, 2.05) is 4.90 Å². The van der Waals surface area contributed by atoms with Crippen LogP contribution in [0.15, 0.2) is 35.2 Å². The fourth-order valence-corrected chi connectivity index (χ4v) is 4.68. The Morgan fingerprint density at radius 1 is 1.09 bits per heavy atom. The predicted octanol–water partition coefficient (Wildman–Crippen LogP) is 3.55. The molecular weight excluding hydrogens is 492 g/mol. The quantitative estimate of drug-likeness (QED) is 0.566. The first-order valence-electron chi connectivity index (χ1n) is 10.9. The molecule has 0 saturated carbocycles. The molecule has 0 bridgehead atoms. The van der Waals surface area contributed by atoms with Crippen molar-refractivity contribution >= 4 is 21.4 Å². The van der Waals surface area contributed by atoms with Crippen molar-refractivity contribution in [2.45, 2.75) is 37.2 Å². The van der Waals surface area contributed by atoms with Crippen molar-refractivity contribution in [3.05, 3.63) is 52.8 Å². The van der Waals surface area contributed by atoms with Crippen LogP contribution in [-0.2, 0) is 27.7 Å². The molecule has 2 aromatic rings. The molecule has 0 aromatic heterocycles. The number of alkyl halides is 3. The smallest absolute Gasteiger partial charge is 0.425 e. The summed E-state index contributed by atoms with van der Waals surface area (Å²) < 4.78 is 88.4. The highest BCUT2D eigenvalue weighted by Crippen LogP contribution is 2.34. The van der Waals surface area contributed by atoms with E-state index in [1.165, 1.54) is 11.0 Å². The molecule has 4 rings (SSSR count). The Morgan fingerprint density at radius 3 is 2.31 bits per heavy atom. The lowest BCUT2D eigenvalue weighted by molar-refractivity contribution is -0.189. The number of sulfone groups is 1. The predicted molar refractivity (Wildman–Crippen MR) is 119 cm³/mol. The van der Waals surface area contributed by atoms with Gasteiger partial charge in [-0.1, -0.05) is 0 Å². The Bertz CT molecular complexity index is 1240. The van der Waals surface area contributed by atoms with E-state index in [0.717, 1.165) is 31.4 Å². The van der Waals surface area contributed by atoms with Crippen LogP contribution in [0.25, 0.3) is 0 Å². The maximum absolute atomic E-state index is 14.8. The molecule has 1 atom stereocenters. The number of rotatable bonds is 5. The van der Waals surface area contributed by atoms with Crippen molar-refractivity contribution in [1.29, 1.82) is 0 Å². The van der Waals surface area contributed by atoms with Crippen LogP contribution in [0.4, 0.5) is 23.2 Å². The Kier molecular flexibility index (Phi) is 6.71. The number of halogens is 4. The summed E-state index contributed by atoms with van der Waals surface area (Å²) in [5.74, 6) is -1.55. The molecule has 1 amide bonds. The number of hydrogen-bond acceptors (Lipinski definition) is 6. The molecule has 2 aromatic carbocycles. The lowest BCUT2D eigenvalue weighted by atomic mass is 10.1. The Hall–Kier alpha value is -2.86. The highest BCUT2D eigenvalue weighted by atomic mass is 32.2. The number of carbonyl (C=O) groups is 1. The number of nitrogens with zero attached hydrogens (tertiary/aromatic N) is 2. The third kappa shape index (κ3) is 5.37. The molecule has 0 radical (unpaired) electrons. The van der Waals surface area contributed by atoms with Gasteiger partial charge in [0.05, 0.1) is 29.4 Å². The van der Waals surface area contributed by atoms with Crippen LogP contribution in [0.5, 0.6) is 5.75 Å². The number of hydrogen-bond donors (Lipinski definition) is 0. The molecule has 2 aliphatic rings. The highest BCUT2D eigenvalue weighted by Gasteiger charge is 2.39. The fourth-order valence-electron chi connectivity index (χ4n) is 4.04. The van der Waals surface area contributed by atoms with Gasteiger partial charge in [-0.3, -0.25) is 4.79 Å². The van der Waals surface area contributed by atoms with Crippen LogP contribution in [0.2, 0.25) is 0 Å². The monoisotopic (exact) mass is 516 g/mol. The van der Waals surface area contributed by atoms with Gasteiger partial charge in [0.2, 0.25) is 0 Å². The second-order valence-electron chi connectivity index (χ2n) is 8.56. The van der Waals surface area contributed by atoms with E-state index in [1.54, 1.807) is 6.07 Å². The van der Waals surface area contributed by atoms with Crippen LogP contribution >= 0.6 is 0 Å². The summed E-state index contributed by atoms with van der Waals surface area (Å²) in [6, 6.07) is 6.17. The van der Waals surface area contributed by atoms with Gasteiger partial charge in [0.15, 0.2) is 15.9 Å². The minimum atomic E-state index is -4.69. The lowest BCUT2D eigenvalue weighted by Gasteiger charge is -2.29. The minimum absolute atomic E-state index is 0.0197. The molecule has 0 N–H and O–H groups in total.